The van der Waals surface area contributed by atoms with E-state index < -0.39 is 22.4 Å². The maximum atomic E-state index is 12.7. The van der Waals surface area contributed by atoms with Gasteiger partial charge in [-0.25, -0.2) is 14.8 Å². The molecule has 0 spiro atoms. The molecule has 2 aromatic rings. The number of allylic oxidation sites excluding steroid dienone is 2. The first kappa shape index (κ1) is 33.0. The van der Waals surface area contributed by atoms with E-state index in [1.165, 1.54) is 28.8 Å². The molecule has 0 unspecified atom stereocenters. The van der Waals surface area contributed by atoms with Gasteiger partial charge in [-0.05, 0) is 84.8 Å². The van der Waals surface area contributed by atoms with E-state index in [0.29, 0.717) is 33.8 Å². The summed E-state index contributed by atoms with van der Waals surface area (Å²) in [6, 6.07) is 3.77. The molecular weight excluding hydrogens is 606 g/mol. The Bertz CT molecular complexity index is 1360. The quantitative estimate of drug-likeness (QED) is 0.278. The number of anilines is 4. The van der Waals surface area contributed by atoms with Gasteiger partial charge in [0.05, 0.1) is 47.8 Å². The normalized spacial score (nSPS) is 19.0. The Morgan fingerprint density at radius 3 is 2.28 bits per heavy atom. The van der Waals surface area contributed by atoms with Crippen LogP contribution in [0.2, 0.25) is 0 Å². The predicted molar refractivity (Wildman–Crippen MR) is 177 cm³/mol. The highest BCUT2D eigenvalue weighted by atomic mass is 79.9. The summed E-state index contributed by atoms with van der Waals surface area (Å²) in [6.07, 6.45) is 7.85. The summed E-state index contributed by atoms with van der Waals surface area (Å²) in [5.74, 6) is 1.51. The third-order valence-corrected chi connectivity index (χ3v) is 8.24. The highest BCUT2D eigenvalue weighted by Crippen LogP contribution is 2.35. The van der Waals surface area contributed by atoms with E-state index in [1.54, 1.807) is 39.1 Å². The molecule has 1 saturated carbocycles. The van der Waals surface area contributed by atoms with Gasteiger partial charge in [-0.15, -0.1) is 0 Å². The molecule has 218 valence electrons. The second-order valence-corrected chi connectivity index (χ2v) is 13.1. The SMILES string of the molecule is [B]C1([B])CN(C(=O)OC(C)(C)C)CC([B])([B])N1c1ccc(Nc2ncc(/C(C)=C(/Br)C=O)c(N(C)C3CCCC3)n2)nc1. The zero-order valence-corrected chi connectivity index (χ0v) is 26.9. The summed E-state index contributed by atoms with van der Waals surface area (Å²) < 4.78 is 5.90. The van der Waals surface area contributed by atoms with E-state index in [2.05, 4.69) is 36.1 Å². The summed E-state index contributed by atoms with van der Waals surface area (Å²) >= 11 is 3.34. The van der Waals surface area contributed by atoms with Gasteiger partial charge in [-0.3, -0.25) is 4.79 Å². The van der Waals surface area contributed by atoms with Gasteiger partial charge in [0.15, 0.2) is 6.29 Å². The van der Waals surface area contributed by atoms with Crippen LogP contribution in [0.5, 0.6) is 0 Å². The summed E-state index contributed by atoms with van der Waals surface area (Å²) in [7, 11) is 27.8. The van der Waals surface area contributed by atoms with Crippen molar-refractivity contribution in [3.8, 4) is 0 Å². The average molecular weight is 640 g/mol. The van der Waals surface area contributed by atoms with Gasteiger partial charge in [0, 0.05) is 37.9 Å². The molecule has 43 heavy (non-hydrogen) atoms. The van der Waals surface area contributed by atoms with Crippen LogP contribution in [0.3, 0.4) is 0 Å². The number of carbonyl (C=O) groups excluding carboxylic acids is 2. The maximum Gasteiger partial charge on any atom is 0.410 e. The summed E-state index contributed by atoms with van der Waals surface area (Å²) in [5, 5.41) is -0.0878. The standard InChI is InChI=1S/C28H34B4BrN7O3/c1-17(21(33)14-41)20-13-35-24(37-23(20)38(5)18-8-6-7-9-18)36-22-11-10-19(12-34-22)40-27(29,30)15-39(16-28(40,31)32)25(42)43-26(2,3)4/h10-14,18H,6-9,15-16H2,1-5H3,(H,34,35,36,37)/b21-17+. The first-order valence-electron chi connectivity index (χ1n) is 14.1. The van der Waals surface area contributed by atoms with Crippen LogP contribution < -0.4 is 15.1 Å². The zero-order valence-electron chi connectivity index (χ0n) is 25.3. The van der Waals surface area contributed by atoms with E-state index in [0.717, 1.165) is 30.3 Å². The fourth-order valence-electron chi connectivity index (χ4n) is 5.49. The molecule has 0 aromatic carbocycles. The minimum atomic E-state index is -1.62. The highest BCUT2D eigenvalue weighted by molar-refractivity contribution is 9.12. The summed E-state index contributed by atoms with van der Waals surface area (Å²) in [6.45, 7) is 6.98. The number of ether oxygens (including phenoxy) is 1. The molecule has 0 atom stereocenters. The molecular formula is C28H34B4BrN7O3. The average Bonchev–Trinajstić information content (AvgIpc) is 3.46. The fourth-order valence-corrected chi connectivity index (χ4v) is 5.70. The Kier molecular flexibility index (Phi) is 9.64. The number of carbonyl (C=O) groups is 2. The molecule has 1 saturated heterocycles. The number of hydrogen-bond acceptors (Lipinski definition) is 9. The van der Waals surface area contributed by atoms with Gasteiger partial charge >= 0.3 is 6.09 Å². The largest absolute Gasteiger partial charge is 0.444 e. The second kappa shape index (κ2) is 12.6. The van der Waals surface area contributed by atoms with Crippen molar-refractivity contribution in [2.24, 2.45) is 0 Å². The number of nitrogens with zero attached hydrogens (tertiary/aromatic N) is 6. The van der Waals surface area contributed by atoms with E-state index >= 15 is 0 Å². The summed E-state index contributed by atoms with van der Waals surface area (Å²) in [4.78, 5) is 42.8. The van der Waals surface area contributed by atoms with Crippen molar-refractivity contribution in [1.29, 1.82) is 0 Å². The molecule has 2 aliphatic rings. The van der Waals surface area contributed by atoms with Crippen molar-refractivity contribution < 1.29 is 14.3 Å². The molecule has 0 bridgehead atoms. The molecule has 2 aromatic heterocycles. The lowest BCUT2D eigenvalue weighted by Crippen LogP contribution is -2.75. The lowest BCUT2D eigenvalue weighted by atomic mass is 9.50. The van der Waals surface area contributed by atoms with Gasteiger partial charge in [-0.1, -0.05) is 12.8 Å². The lowest BCUT2D eigenvalue weighted by molar-refractivity contribution is -0.104. The molecule has 15 heteroatoms. The van der Waals surface area contributed by atoms with Crippen LogP contribution >= 0.6 is 15.9 Å². The smallest absolute Gasteiger partial charge is 0.410 e. The van der Waals surface area contributed by atoms with Crippen LogP contribution in [0.1, 0.15) is 58.9 Å². The van der Waals surface area contributed by atoms with E-state index in [4.69, 9.17) is 41.1 Å². The lowest BCUT2D eigenvalue weighted by Gasteiger charge is -2.59. The predicted octanol–water partition coefficient (Wildman–Crippen LogP) is 3.36. The Morgan fingerprint density at radius 2 is 1.74 bits per heavy atom. The van der Waals surface area contributed by atoms with Crippen molar-refractivity contribution in [3.63, 3.8) is 0 Å². The van der Waals surface area contributed by atoms with Crippen LogP contribution in [0.4, 0.5) is 28.1 Å². The molecule has 2 fully saturated rings. The number of piperazine rings is 1. The van der Waals surface area contributed by atoms with Crippen LogP contribution in [0.15, 0.2) is 29.0 Å². The van der Waals surface area contributed by atoms with Crippen molar-refractivity contribution in [3.05, 3.63) is 34.6 Å². The summed E-state index contributed by atoms with van der Waals surface area (Å²) in [5.41, 5.74) is 1.26. The fraction of sp³-hybridized carbons (Fsp3) is 0.536. The number of hydrogen-bond donors (Lipinski definition) is 1. The van der Waals surface area contributed by atoms with Crippen LogP contribution in [0, 0.1) is 0 Å². The number of pyridine rings is 1. The molecule has 8 radical (unpaired) electrons. The Balaban J connectivity index is 1.57. The number of rotatable bonds is 7. The van der Waals surface area contributed by atoms with Crippen molar-refractivity contribution in [2.75, 3.05) is 35.3 Å². The minimum absolute atomic E-state index is 0.0797. The van der Waals surface area contributed by atoms with Crippen LogP contribution in [-0.4, -0.2) is 106 Å². The van der Waals surface area contributed by atoms with Gasteiger partial charge < -0.3 is 24.8 Å². The van der Waals surface area contributed by atoms with E-state index in [1.807, 2.05) is 14.0 Å². The third kappa shape index (κ3) is 7.59. The van der Waals surface area contributed by atoms with E-state index in [-0.39, 0.29) is 13.1 Å². The molecule has 1 amide bonds. The van der Waals surface area contributed by atoms with Crippen molar-refractivity contribution >= 4 is 88.5 Å². The number of halogens is 1. The van der Waals surface area contributed by atoms with Gasteiger partial charge in [0.1, 0.15) is 17.2 Å². The highest BCUT2D eigenvalue weighted by Gasteiger charge is 2.45. The molecule has 10 nitrogen and oxygen atoms in total. The van der Waals surface area contributed by atoms with E-state index in [9.17, 15) is 9.59 Å². The number of nitrogens with one attached hydrogen (secondary N) is 1. The first-order valence-corrected chi connectivity index (χ1v) is 14.9. The Morgan fingerprint density at radius 1 is 1.12 bits per heavy atom. The molecule has 1 N–H and O–H groups in total. The van der Waals surface area contributed by atoms with Crippen molar-refractivity contribution in [1.82, 2.24) is 19.9 Å². The van der Waals surface area contributed by atoms with Crippen molar-refractivity contribution in [2.45, 2.75) is 75.7 Å². The third-order valence-electron chi connectivity index (χ3n) is 7.46. The molecule has 4 rings (SSSR count). The van der Waals surface area contributed by atoms with Gasteiger partial charge in [0.2, 0.25) is 5.95 Å². The Hall–Kier alpha value is -2.95. The van der Waals surface area contributed by atoms with Gasteiger partial charge in [0.25, 0.3) is 0 Å². The number of aldehydes is 1. The number of amides is 1. The first-order chi connectivity index (χ1) is 20.0. The van der Waals surface area contributed by atoms with Crippen LogP contribution in [-0.2, 0) is 9.53 Å². The maximum absolute atomic E-state index is 12.7. The van der Waals surface area contributed by atoms with Crippen LogP contribution in [0.25, 0.3) is 5.57 Å². The molecule has 3 heterocycles. The minimum Gasteiger partial charge on any atom is -0.444 e. The second-order valence-electron chi connectivity index (χ2n) is 12.3. The number of aromatic nitrogens is 3. The molecule has 1 aliphatic heterocycles. The van der Waals surface area contributed by atoms with Gasteiger partial charge in [-0.2, -0.15) is 4.98 Å². The Labute approximate surface area is 267 Å². The molecule has 1 aliphatic carbocycles. The topological polar surface area (TPSA) is 104 Å². The monoisotopic (exact) mass is 639 g/mol. The zero-order chi connectivity index (χ0) is 31.7.